The van der Waals surface area contributed by atoms with Crippen LogP contribution in [0.25, 0.3) is 0 Å². The van der Waals surface area contributed by atoms with Crippen molar-refractivity contribution in [3.05, 3.63) is 60.2 Å². The molecule has 0 saturated heterocycles. The molecule has 3 rings (SSSR count). The van der Waals surface area contributed by atoms with E-state index in [-0.39, 0.29) is 0 Å². The summed E-state index contributed by atoms with van der Waals surface area (Å²) in [6, 6.07) is 14.9. The van der Waals surface area contributed by atoms with Gasteiger partial charge in [-0.1, -0.05) is 36.4 Å². The van der Waals surface area contributed by atoms with E-state index in [1.165, 1.54) is 4.90 Å². The minimum Gasteiger partial charge on any atom is -0.359 e. The van der Waals surface area contributed by atoms with Gasteiger partial charge in [0.25, 0.3) is 11.6 Å². The number of benzene rings is 2. The van der Waals surface area contributed by atoms with E-state index in [2.05, 4.69) is 10.6 Å². The van der Waals surface area contributed by atoms with Crippen LogP contribution in [0, 0.1) is 0 Å². The Bertz CT molecular complexity index is 825. The molecule has 4 N–H and O–H groups in total. The zero-order chi connectivity index (χ0) is 19.4. The fourth-order valence-corrected chi connectivity index (χ4v) is 3.21. The van der Waals surface area contributed by atoms with Gasteiger partial charge in [-0.05, 0) is 18.2 Å². The predicted octanol–water partition coefficient (Wildman–Crippen LogP) is 0.535. The van der Waals surface area contributed by atoms with E-state index < -0.39 is 17.7 Å². The number of amides is 3. The van der Waals surface area contributed by atoms with Gasteiger partial charge < -0.3 is 20.6 Å². The van der Waals surface area contributed by atoms with Crippen LogP contribution in [0.4, 0.5) is 16.2 Å². The van der Waals surface area contributed by atoms with Crippen molar-refractivity contribution in [3.8, 4) is 0 Å². The molecule has 2 aromatic carbocycles. The topological polar surface area (TPSA) is 86.1 Å². The number of rotatable bonds is 6. The molecule has 27 heavy (non-hydrogen) atoms. The maximum absolute atomic E-state index is 13.1. The molecule has 7 heteroatoms. The van der Waals surface area contributed by atoms with Crippen LogP contribution in [0.5, 0.6) is 0 Å². The lowest BCUT2D eigenvalue weighted by molar-refractivity contribution is -0.858. The van der Waals surface area contributed by atoms with Crippen molar-refractivity contribution < 1.29 is 19.6 Å². The summed E-state index contributed by atoms with van der Waals surface area (Å²) in [5.41, 5.74) is -0.945. The monoisotopic (exact) mass is 369 g/mol. The van der Waals surface area contributed by atoms with Gasteiger partial charge in [0, 0.05) is 24.2 Å². The van der Waals surface area contributed by atoms with E-state index in [9.17, 15) is 14.7 Å². The molecule has 0 aromatic heterocycles. The van der Waals surface area contributed by atoms with Crippen molar-refractivity contribution in [2.75, 3.05) is 37.4 Å². The second-order valence-corrected chi connectivity index (χ2v) is 6.89. The Morgan fingerprint density at radius 2 is 1.81 bits per heavy atom. The van der Waals surface area contributed by atoms with Gasteiger partial charge in [0.2, 0.25) is 0 Å². The molecule has 1 aliphatic rings. The molecule has 0 radical (unpaired) electrons. The van der Waals surface area contributed by atoms with Crippen molar-refractivity contribution in [2.24, 2.45) is 0 Å². The lowest BCUT2D eigenvalue weighted by Crippen LogP contribution is -3.05. The molecule has 0 fully saturated rings. The maximum Gasteiger partial charge on any atom is 0.329 e. The van der Waals surface area contributed by atoms with Crippen LogP contribution in [-0.4, -0.2) is 44.2 Å². The zero-order valence-corrected chi connectivity index (χ0v) is 15.5. The first-order valence-electron chi connectivity index (χ1n) is 9.00. The van der Waals surface area contributed by atoms with Crippen LogP contribution in [0.2, 0.25) is 0 Å². The number of para-hydroxylation sites is 2. The SMILES string of the molecule is C[NH+](C)CCCNC(=O)C1(O)c2ccccc2NC(=O)N1c1ccccc1. The molecule has 1 unspecified atom stereocenters. The number of nitrogens with one attached hydrogen (secondary N) is 3. The second kappa shape index (κ2) is 7.77. The maximum atomic E-state index is 13.1. The molecule has 0 bridgehead atoms. The first-order chi connectivity index (χ1) is 12.9. The van der Waals surface area contributed by atoms with Gasteiger partial charge in [-0.25, -0.2) is 4.79 Å². The van der Waals surface area contributed by atoms with Gasteiger partial charge in [-0.3, -0.25) is 9.69 Å². The summed E-state index contributed by atoms with van der Waals surface area (Å²) >= 11 is 0. The number of aliphatic hydroxyl groups is 1. The van der Waals surface area contributed by atoms with Gasteiger partial charge in [0.15, 0.2) is 0 Å². The van der Waals surface area contributed by atoms with Gasteiger partial charge in [-0.2, -0.15) is 0 Å². The number of anilines is 2. The van der Waals surface area contributed by atoms with Crippen LogP contribution >= 0.6 is 0 Å². The Kier molecular flexibility index (Phi) is 5.43. The average Bonchev–Trinajstić information content (AvgIpc) is 2.65. The minimum atomic E-state index is -2.13. The molecular formula is C20H25N4O3+. The molecule has 2 aromatic rings. The highest BCUT2D eigenvalue weighted by Gasteiger charge is 2.51. The number of hydrogen-bond donors (Lipinski definition) is 4. The van der Waals surface area contributed by atoms with E-state index in [0.29, 0.717) is 23.5 Å². The second-order valence-electron chi connectivity index (χ2n) is 6.89. The van der Waals surface area contributed by atoms with E-state index in [1.807, 2.05) is 20.2 Å². The summed E-state index contributed by atoms with van der Waals surface area (Å²) < 4.78 is 0. The Balaban J connectivity index is 1.97. The predicted molar refractivity (Wildman–Crippen MR) is 104 cm³/mol. The van der Waals surface area contributed by atoms with Crippen LogP contribution in [0.3, 0.4) is 0 Å². The summed E-state index contributed by atoms with van der Waals surface area (Å²) in [7, 11) is 4.07. The largest absolute Gasteiger partial charge is 0.359 e. The van der Waals surface area contributed by atoms with Gasteiger partial charge in [-0.15, -0.1) is 0 Å². The van der Waals surface area contributed by atoms with Crippen LogP contribution in [0.1, 0.15) is 12.0 Å². The molecule has 1 atom stereocenters. The molecule has 1 aliphatic heterocycles. The van der Waals surface area contributed by atoms with Crippen LogP contribution in [-0.2, 0) is 10.5 Å². The first kappa shape index (κ1) is 18.9. The molecule has 142 valence electrons. The number of quaternary nitrogens is 1. The normalized spacial score (nSPS) is 18.8. The lowest BCUT2D eigenvalue weighted by Gasteiger charge is -2.42. The van der Waals surface area contributed by atoms with Crippen molar-refractivity contribution >= 4 is 23.3 Å². The highest BCUT2D eigenvalue weighted by molar-refractivity contribution is 6.11. The Labute approximate surface area is 158 Å². The van der Waals surface area contributed by atoms with Crippen molar-refractivity contribution in [1.82, 2.24) is 5.32 Å². The molecule has 0 aliphatic carbocycles. The third kappa shape index (κ3) is 3.65. The smallest absolute Gasteiger partial charge is 0.329 e. The summed E-state index contributed by atoms with van der Waals surface area (Å²) in [5.74, 6) is -0.623. The van der Waals surface area contributed by atoms with Gasteiger partial charge in [0.1, 0.15) is 0 Å². The first-order valence-corrected chi connectivity index (χ1v) is 9.00. The number of nitrogens with zero attached hydrogens (tertiary/aromatic N) is 1. The van der Waals surface area contributed by atoms with E-state index in [1.54, 1.807) is 48.5 Å². The quantitative estimate of drug-likeness (QED) is 0.561. The number of hydrogen-bond acceptors (Lipinski definition) is 3. The standard InChI is InChI=1S/C20H24N4O3/c1-23(2)14-8-13-21-18(25)20(27)16-11-6-7-12-17(16)22-19(26)24(20)15-9-4-3-5-10-15/h3-7,9-12,27H,8,13-14H2,1-2H3,(H,21,25)(H,22,26)/p+1. The zero-order valence-electron chi connectivity index (χ0n) is 15.5. The third-order valence-corrected chi connectivity index (χ3v) is 4.54. The lowest BCUT2D eigenvalue weighted by atomic mass is 9.95. The van der Waals surface area contributed by atoms with E-state index in [4.69, 9.17) is 0 Å². The fraction of sp³-hybridized carbons (Fsp3) is 0.300. The third-order valence-electron chi connectivity index (χ3n) is 4.54. The number of carbonyl (C=O) groups is 2. The summed E-state index contributed by atoms with van der Waals surface area (Å²) in [5, 5.41) is 17.1. The minimum absolute atomic E-state index is 0.337. The van der Waals surface area contributed by atoms with Gasteiger partial charge >= 0.3 is 6.03 Å². The highest BCUT2D eigenvalue weighted by atomic mass is 16.3. The summed E-state index contributed by atoms with van der Waals surface area (Å²) in [6.45, 7) is 1.30. The molecule has 0 saturated carbocycles. The Morgan fingerprint density at radius 1 is 1.15 bits per heavy atom. The Morgan fingerprint density at radius 3 is 2.52 bits per heavy atom. The number of urea groups is 1. The fourth-order valence-electron chi connectivity index (χ4n) is 3.21. The summed E-state index contributed by atoms with van der Waals surface area (Å²) in [6.07, 6.45) is 0.767. The van der Waals surface area contributed by atoms with Crippen molar-refractivity contribution in [2.45, 2.75) is 12.1 Å². The van der Waals surface area contributed by atoms with Crippen molar-refractivity contribution in [1.29, 1.82) is 0 Å². The van der Waals surface area contributed by atoms with E-state index in [0.717, 1.165) is 17.9 Å². The molecular weight excluding hydrogens is 344 g/mol. The van der Waals surface area contributed by atoms with Crippen molar-refractivity contribution in [3.63, 3.8) is 0 Å². The van der Waals surface area contributed by atoms with Crippen LogP contribution in [0.15, 0.2) is 54.6 Å². The molecule has 0 spiro atoms. The number of carbonyl (C=O) groups excluding carboxylic acids is 2. The molecule has 1 heterocycles. The van der Waals surface area contributed by atoms with Gasteiger partial charge in [0.05, 0.1) is 26.3 Å². The number of fused-ring (bicyclic) bond motifs is 1. The summed E-state index contributed by atoms with van der Waals surface area (Å²) in [4.78, 5) is 28.2. The molecule has 3 amide bonds. The van der Waals surface area contributed by atoms with E-state index >= 15 is 0 Å². The Hall–Kier alpha value is -2.90. The highest BCUT2D eigenvalue weighted by Crippen LogP contribution is 2.39. The molecule has 7 nitrogen and oxygen atoms in total. The average molecular weight is 369 g/mol. The van der Waals surface area contributed by atoms with Crippen LogP contribution < -0.4 is 20.4 Å².